The summed E-state index contributed by atoms with van der Waals surface area (Å²) in [6.07, 6.45) is 1.13. The topological polar surface area (TPSA) is 72.5 Å². The minimum atomic E-state index is -3.23. The third-order valence-corrected chi connectivity index (χ3v) is 3.47. The van der Waals surface area contributed by atoms with Crippen LogP contribution in [0, 0.1) is 0 Å². The molecular formula is C12H17NO4S. The van der Waals surface area contributed by atoms with Gasteiger partial charge in [-0.15, -0.1) is 0 Å². The Morgan fingerprint density at radius 1 is 1.33 bits per heavy atom. The normalized spacial score (nSPS) is 13.1. The lowest BCUT2D eigenvalue weighted by Crippen LogP contribution is -2.35. The molecule has 1 rings (SSSR count). The molecule has 1 atom stereocenters. The minimum absolute atomic E-state index is 0.0999. The number of ether oxygens (including phenoxy) is 1. The van der Waals surface area contributed by atoms with Gasteiger partial charge in [-0.05, 0) is 31.2 Å². The van der Waals surface area contributed by atoms with E-state index in [2.05, 4.69) is 5.32 Å². The van der Waals surface area contributed by atoms with Gasteiger partial charge in [-0.2, -0.15) is 0 Å². The predicted molar refractivity (Wildman–Crippen MR) is 68.4 cm³/mol. The summed E-state index contributed by atoms with van der Waals surface area (Å²) >= 11 is 0. The van der Waals surface area contributed by atoms with Crippen molar-refractivity contribution in [3.05, 3.63) is 29.8 Å². The third-order valence-electron chi connectivity index (χ3n) is 2.34. The molecule has 0 aliphatic rings. The van der Waals surface area contributed by atoms with Crippen LogP contribution in [0.2, 0.25) is 0 Å². The Kier molecular flexibility index (Phi) is 4.86. The molecule has 0 fully saturated rings. The zero-order chi connectivity index (χ0) is 13.8. The lowest BCUT2D eigenvalue weighted by Gasteiger charge is -2.12. The number of carbonyl (C=O) groups excluding carboxylic acids is 1. The van der Waals surface area contributed by atoms with Gasteiger partial charge in [0.1, 0.15) is 0 Å². The van der Waals surface area contributed by atoms with Crippen molar-refractivity contribution in [3.8, 4) is 0 Å². The third kappa shape index (κ3) is 4.12. The first-order valence-electron chi connectivity index (χ1n) is 5.44. The second-order valence-corrected chi connectivity index (χ2v) is 6.14. The number of hydrogen-bond acceptors (Lipinski definition) is 4. The second-order valence-electron chi connectivity index (χ2n) is 4.13. The van der Waals surface area contributed by atoms with Gasteiger partial charge in [-0.25, -0.2) is 8.42 Å². The van der Waals surface area contributed by atoms with E-state index in [1.807, 2.05) is 6.92 Å². The molecule has 6 heteroatoms. The van der Waals surface area contributed by atoms with E-state index < -0.39 is 9.84 Å². The van der Waals surface area contributed by atoms with Crippen molar-refractivity contribution in [2.75, 3.05) is 20.0 Å². The summed E-state index contributed by atoms with van der Waals surface area (Å²) in [7, 11) is -1.67. The minimum Gasteiger partial charge on any atom is -0.383 e. The number of nitrogens with one attached hydrogen (secondary N) is 1. The highest BCUT2D eigenvalue weighted by atomic mass is 32.2. The number of sulfone groups is 1. The van der Waals surface area contributed by atoms with Crippen LogP contribution in [0.4, 0.5) is 0 Å². The molecule has 0 bridgehead atoms. The van der Waals surface area contributed by atoms with E-state index in [1.165, 1.54) is 24.3 Å². The van der Waals surface area contributed by atoms with Gasteiger partial charge in [0.05, 0.1) is 11.5 Å². The van der Waals surface area contributed by atoms with Gasteiger partial charge in [-0.1, -0.05) is 0 Å². The predicted octanol–water partition coefficient (Wildman–Crippen LogP) is 0.855. The molecular weight excluding hydrogens is 254 g/mol. The first-order valence-corrected chi connectivity index (χ1v) is 7.33. The van der Waals surface area contributed by atoms with E-state index in [1.54, 1.807) is 7.11 Å². The van der Waals surface area contributed by atoms with Crippen LogP contribution in [-0.4, -0.2) is 40.3 Å². The van der Waals surface area contributed by atoms with Crippen LogP contribution in [0.15, 0.2) is 29.2 Å². The largest absolute Gasteiger partial charge is 0.383 e. The van der Waals surface area contributed by atoms with Crippen LogP contribution in [0.3, 0.4) is 0 Å². The second kappa shape index (κ2) is 5.97. The standard InChI is InChI=1S/C12H17NO4S/c1-9(8-17-2)13-12(14)10-4-6-11(7-5-10)18(3,15)16/h4-7,9H,8H2,1-3H3,(H,13,14)/t9-/m0/s1. The summed E-state index contributed by atoms with van der Waals surface area (Å²) in [5.74, 6) is -0.250. The summed E-state index contributed by atoms with van der Waals surface area (Å²) in [5.41, 5.74) is 0.422. The maximum absolute atomic E-state index is 11.8. The number of carbonyl (C=O) groups is 1. The molecule has 100 valence electrons. The maximum atomic E-state index is 11.8. The lowest BCUT2D eigenvalue weighted by molar-refractivity contribution is 0.0905. The summed E-state index contributed by atoms with van der Waals surface area (Å²) in [6.45, 7) is 2.25. The highest BCUT2D eigenvalue weighted by Gasteiger charge is 2.11. The average molecular weight is 271 g/mol. The molecule has 0 aliphatic heterocycles. The van der Waals surface area contributed by atoms with Crippen LogP contribution in [-0.2, 0) is 14.6 Å². The highest BCUT2D eigenvalue weighted by molar-refractivity contribution is 7.90. The number of amides is 1. The van der Waals surface area contributed by atoms with Gasteiger partial charge in [0.25, 0.3) is 5.91 Å². The molecule has 0 aliphatic carbocycles. The van der Waals surface area contributed by atoms with Crippen LogP contribution in [0.5, 0.6) is 0 Å². The van der Waals surface area contributed by atoms with Crippen molar-refractivity contribution in [1.29, 1.82) is 0 Å². The van der Waals surface area contributed by atoms with Crippen LogP contribution in [0.1, 0.15) is 17.3 Å². The maximum Gasteiger partial charge on any atom is 0.251 e. The van der Waals surface area contributed by atoms with Crippen LogP contribution < -0.4 is 5.32 Å². The molecule has 0 spiro atoms. The van der Waals surface area contributed by atoms with E-state index >= 15 is 0 Å². The molecule has 0 unspecified atom stereocenters. The smallest absolute Gasteiger partial charge is 0.251 e. The van der Waals surface area contributed by atoms with Crippen molar-refractivity contribution < 1.29 is 17.9 Å². The van der Waals surface area contributed by atoms with E-state index in [4.69, 9.17) is 4.74 Å². The van der Waals surface area contributed by atoms with E-state index in [9.17, 15) is 13.2 Å². The van der Waals surface area contributed by atoms with Crippen molar-refractivity contribution in [2.24, 2.45) is 0 Å². The molecule has 0 aromatic heterocycles. The first kappa shape index (κ1) is 14.7. The number of rotatable bonds is 5. The molecule has 0 radical (unpaired) electrons. The summed E-state index contributed by atoms with van der Waals surface area (Å²) in [5, 5.41) is 2.74. The van der Waals surface area contributed by atoms with Crippen molar-refractivity contribution in [1.82, 2.24) is 5.32 Å². The van der Waals surface area contributed by atoms with Crippen molar-refractivity contribution >= 4 is 15.7 Å². The summed E-state index contributed by atoms with van der Waals surface area (Å²) < 4.78 is 27.4. The Labute approximate surface area is 107 Å². The lowest BCUT2D eigenvalue weighted by atomic mass is 10.2. The Hall–Kier alpha value is -1.40. The summed E-state index contributed by atoms with van der Waals surface area (Å²) in [6, 6.07) is 5.73. The van der Waals surface area contributed by atoms with Crippen molar-refractivity contribution in [2.45, 2.75) is 17.9 Å². The zero-order valence-electron chi connectivity index (χ0n) is 10.6. The Morgan fingerprint density at radius 2 is 1.89 bits per heavy atom. The van der Waals surface area contributed by atoms with Gasteiger partial charge >= 0.3 is 0 Å². The van der Waals surface area contributed by atoms with Crippen molar-refractivity contribution in [3.63, 3.8) is 0 Å². The molecule has 1 amide bonds. The number of benzene rings is 1. The monoisotopic (exact) mass is 271 g/mol. The Bertz CT molecular complexity index is 507. The quantitative estimate of drug-likeness (QED) is 0.862. The molecule has 5 nitrogen and oxygen atoms in total. The fourth-order valence-corrected chi connectivity index (χ4v) is 2.08. The molecule has 18 heavy (non-hydrogen) atoms. The molecule has 0 saturated heterocycles. The molecule has 0 saturated carbocycles. The SMILES string of the molecule is COC[C@H](C)NC(=O)c1ccc(S(C)(=O)=O)cc1. The van der Waals surface area contributed by atoms with E-state index in [0.717, 1.165) is 6.26 Å². The molecule has 0 heterocycles. The van der Waals surface area contributed by atoms with Crippen LogP contribution in [0.25, 0.3) is 0 Å². The van der Waals surface area contributed by atoms with Gasteiger partial charge in [-0.3, -0.25) is 4.79 Å². The van der Waals surface area contributed by atoms with E-state index in [-0.39, 0.29) is 16.8 Å². The Balaban J connectivity index is 2.77. The number of hydrogen-bond donors (Lipinski definition) is 1. The first-order chi connectivity index (χ1) is 8.34. The van der Waals surface area contributed by atoms with E-state index in [0.29, 0.717) is 12.2 Å². The van der Waals surface area contributed by atoms with Gasteiger partial charge in [0.15, 0.2) is 9.84 Å². The van der Waals surface area contributed by atoms with Gasteiger partial charge in [0, 0.05) is 25.0 Å². The van der Waals surface area contributed by atoms with Crippen LogP contribution >= 0.6 is 0 Å². The average Bonchev–Trinajstić information content (AvgIpc) is 2.28. The van der Waals surface area contributed by atoms with Gasteiger partial charge in [0.2, 0.25) is 0 Å². The molecule has 1 aromatic carbocycles. The van der Waals surface area contributed by atoms with Gasteiger partial charge < -0.3 is 10.1 Å². The highest BCUT2D eigenvalue weighted by Crippen LogP contribution is 2.10. The fraction of sp³-hybridized carbons (Fsp3) is 0.417. The zero-order valence-corrected chi connectivity index (χ0v) is 11.5. The summed E-state index contributed by atoms with van der Waals surface area (Å²) in [4.78, 5) is 12.0. The fourth-order valence-electron chi connectivity index (χ4n) is 1.45. The Morgan fingerprint density at radius 3 is 2.33 bits per heavy atom. The molecule has 1 N–H and O–H groups in total. The number of methoxy groups -OCH3 is 1. The molecule has 1 aromatic rings.